The molecule has 1 N–H and O–H groups in total. The van der Waals surface area contributed by atoms with Crippen LogP contribution in [-0.2, 0) is 19.1 Å². The standard InChI is InChI=1S/C30H22O5.C2H4/c1-4-25(31)11-7-17-30(28(32)34-2,29(33)35-3)16-6-8-20-18-23-14-12-21-9-5-10-22-13-15-24(19-20)27(23)26(21)22;1-2/h1,5,9-10,12-15,18-19,25,31H,16-17H2,2-3H3;1-2H2. The van der Waals surface area contributed by atoms with E-state index in [0.717, 1.165) is 16.3 Å². The summed E-state index contributed by atoms with van der Waals surface area (Å²) in [7, 11) is 2.35. The molecule has 4 aromatic carbocycles. The fourth-order valence-electron chi connectivity index (χ4n) is 4.29. The predicted molar refractivity (Wildman–Crippen MR) is 147 cm³/mol. The minimum absolute atomic E-state index is 0.182. The Morgan fingerprint density at radius 2 is 1.38 bits per heavy atom. The van der Waals surface area contributed by atoms with Crippen LogP contribution in [0.3, 0.4) is 0 Å². The number of aliphatic hydroxyl groups excluding tert-OH is 1. The van der Waals surface area contributed by atoms with Gasteiger partial charge in [-0.2, -0.15) is 0 Å². The molecular weight excluding hydrogens is 464 g/mol. The SMILES string of the molecule is C#CC(O)C#CCC(CC#Cc1cc2ccc3cccc4ccc(c1)c2c34)(C(=O)OC)C(=O)OC.C=C. The topological polar surface area (TPSA) is 72.8 Å². The van der Waals surface area contributed by atoms with Crippen LogP contribution in [0.15, 0.2) is 67.8 Å². The van der Waals surface area contributed by atoms with Crippen molar-refractivity contribution in [2.75, 3.05) is 14.2 Å². The van der Waals surface area contributed by atoms with Gasteiger partial charge in [0.2, 0.25) is 0 Å². The van der Waals surface area contributed by atoms with E-state index in [1.807, 2.05) is 18.2 Å². The molecule has 0 aliphatic heterocycles. The molecule has 0 aliphatic rings. The number of carbonyl (C=O) groups is 2. The zero-order chi connectivity index (χ0) is 27.0. The fourth-order valence-corrected chi connectivity index (χ4v) is 4.29. The van der Waals surface area contributed by atoms with Gasteiger partial charge >= 0.3 is 11.9 Å². The number of carbonyl (C=O) groups excluding carboxylic acids is 2. The van der Waals surface area contributed by atoms with Gasteiger partial charge in [-0.15, -0.1) is 19.6 Å². The molecule has 4 aromatic rings. The zero-order valence-electron chi connectivity index (χ0n) is 20.8. The maximum atomic E-state index is 12.7. The van der Waals surface area contributed by atoms with Crippen molar-refractivity contribution in [1.29, 1.82) is 0 Å². The molecule has 37 heavy (non-hydrogen) atoms. The highest BCUT2D eigenvalue weighted by atomic mass is 16.5. The summed E-state index contributed by atoms with van der Waals surface area (Å²) in [6.07, 6.45) is 3.37. The minimum atomic E-state index is -1.77. The second-order valence-electron chi connectivity index (χ2n) is 8.12. The fraction of sp³-hybridized carbons (Fsp3) is 0.188. The van der Waals surface area contributed by atoms with E-state index >= 15 is 0 Å². The normalized spacial score (nSPS) is 11.2. The first kappa shape index (κ1) is 26.8. The second-order valence-corrected chi connectivity index (χ2v) is 8.12. The molecular formula is C32H26O5. The third kappa shape index (κ3) is 5.26. The third-order valence-electron chi connectivity index (χ3n) is 6.03. The van der Waals surface area contributed by atoms with E-state index in [2.05, 4.69) is 79.2 Å². The van der Waals surface area contributed by atoms with E-state index in [4.69, 9.17) is 15.9 Å². The highest BCUT2D eigenvalue weighted by Gasteiger charge is 2.47. The first-order valence-electron chi connectivity index (χ1n) is 11.4. The molecule has 0 radical (unpaired) electrons. The van der Waals surface area contributed by atoms with Gasteiger partial charge in [0, 0.05) is 18.4 Å². The molecule has 0 fully saturated rings. The van der Waals surface area contributed by atoms with Crippen LogP contribution in [-0.4, -0.2) is 37.4 Å². The van der Waals surface area contributed by atoms with E-state index in [0.29, 0.717) is 0 Å². The first-order valence-corrected chi connectivity index (χ1v) is 11.4. The number of aliphatic hydroxyl groups is 1. The number of hydrogen-bond donors (Lipinski definition) is 1. The molecule has 1 atom stereocenters. The van der Waals surface area contributed by atoms with E-state index in [1.54, 1.807) is 0 Å². The number of ether oxygens (including phenoxy) is 2. The van der Waals surface area contributed by atoms with Gasteiger partial charge < -0.3 is 14.6 Å². The van der Waals surface area contributed by atoms with E-state index in [9.17, 15) is 14.7 Å². The van der Waals surface area contributed by atoms with Crippen molar-refractivity contribution in [3.63, 3.8) is 0 Å². The minimum Gasteiger partial charge on any atom is -0.468 e. The molecule has 0 heterocycles. The molecule has 184 valence electrons. The number of methoxy groups -OCH3 is 2. The van der Waals surface area contributed by atoms with Crippen molar-refractivity contribution in [2.24, 2.45) is 5.41 Å². The highest BCUT2D eigenvalue weighted by molar-refractivity contribution is 6.23. The number of benzene rings is 4. The van der Waals surface area contributed by atoms with Gasteiger partial charge in [-0.05, 0) is 44.5 Å². The maximum absolute atomic E-state index is 12.7. The summed E-state index contributed by atoms with van der Waals surface area (Å²) in [6, 6.07) is 18.5. The molecule has 0 saturated carbocycles. The van der Waals surface area contributed by atoms with E-state index in [-0.39, 0.29) is 12.8 Å². The number of terminal acetylenes is 1. The molecule has 0 saturated heterocycles. The summed E-state index contributed by atoms with van der Waals surface area (Å²) in [4.78, 5) is 25.3. The van der Waals surface area contributed by atoms with Crippen molar-refractivity contribution in [3.05, 3.63) is 73.3 Å². The van der Waals surface area contributed by atoms with Crippen LogP contribution in [0.1, 0.15) is 18.4 Å². The van der Waals surface area contributed by atoms with Gasteiger partial charge in [0.05, 0.1) is 14.2 Å². The van der Waals surface area contributed by atoms with Crippen molar-refractivity contribution >= 4 is 44.3 Å². The molecule has 4 rings (SSSR count). The second kappa shape index (κ2) is 11.8. The Morgan fingerprint density at radius 1 is 0.892 bits per heavy atom. The Bertz CT molecular complexity index is 1540. The summed E-state index contributed by atoms with van der Waals surface area (Å²) >= 11 is 0. The Balaban J connectivity index is 0.00000186. The van der Waals surface area contributed by atoms with E-state index in [1.165, 1.54) is 35.8 Å². The quantitative estimate of drug-likeness (QED) is 0.146. The lowest BCUT2D eigenvalue weighted by atomic mass is 9.81. The van der Waals surface area contributed by atoms with Crippen molar-refractivity contribution in [3.8, 4) is 36.0 Å². The third-order valence-corrected chi connectivity index (χ3v) is 6.03. The van der Waals surface area contributed by atoms with Gasteiger partial charge in [-0.3, -0.25) is 9.59 Å². The Labute approximate surface area is 216 Å². The van der Waals surface area contributed by atoms with Gasteiger partial charge in [0.15, 0.2) is 11.5 Å². The highest BCUT2D eigenvalue weighted by Crippen LogP contribution is 2.35. The van der Waals surface area contributed by atoms with Crippen molar-refractivity contribution in [1.82, 2.24) is 0 Å². The van der Waals surface area contributed by atoms with Gasteiger partial charge in [-0.25, -0.2) is 0 Å². The van der Waals surface area contributed by atoms with Crippen LogP contribution in [0.4, 0.5) is 0 Å². The smallest absolute Gasteiger partial charge is 0.325 e. The van der Waals surface area contributed by atoms with E-state index < -0.39 is 23.5 Å². The zero-order valence-corrected chi connectivity index (χ0v) is 20.8. The average molecular weight is 491 g/mol. The summed E-state index contributed by atoms with van der Waals surface area (Å²) < 4.78 is 9.76. The monoisotopic (exact) mass is 490 g/mol. The van der Waals surface area contributed by atoms with Crippen LogP contribution in [0.5, 0.6) is 0 Å². The predicted octanol–water partition coefficient (Wildman–Crippen LogP) is 4.85. The van der Waals surface area contributed by atoms with Crippen molar-refractivity contribution in [2.45, 2.75) is 18.9 Å². The number of hydrogen-bond acceptors (Lipinski definition) is 5. The largest absolute Gasteiger partial charge is 0.468 e. The van der Waals surface area contributed by atoms with Crippen molar-refractivity contribution < 1.29 is 24.2 Å². The summed E-state index contributed by atoms with van der Waals surface area (Å²) in [6.45, 7) is 6.00. The van der Waals surface area contributed by atoms with Crippen LogP contribution in [0, 0.1) is 41.4 Å². The molecule has 0 amide bonds. The molecule has 0 aromatic heterocycles. The molecule has 0 spiro atoms. The summed E-state index contributed by atoms with van der Waals surface area (Å²) in [5.74, 6) is 11.4. The maximum Gasteiger partial charge on any atom is 0.325 e. The van der Waals surface area contributed by atoms with Crippen LogP contribution in [0.25, 0.3) is 32.3 Å². The van der Waals surface area contributed by atoms with Gasteiger partial charge in [0.1, 0.15) is 0 Å². The van der Waals surface area contributed by atoms with Gasteiger partial charge in [0.25, 0.3) is 0 Å². The number of rotatable bonds is 4. The van der Waals surface area contributed by atoms with Crippen LogP contribution in [0.2, 0.25) is 0 Å². The molecule has 5 heteroatoms. The molecule has 1 unspecified atom stereocenters. The van der Waals surface area contributed by atoms with Crippen LogP contribution < -0.4 is 0 Å². The lowest BCUT2D eigenvalue weighted by Gasteiger charge is -2.24. The lowest BCUT2D eigenvalue weighted by Crippen LogP contribution is -2.41. The Hall–Kier alpha value is -4.76. The first-order chi connectivity index (χ1) is 17.9. The number of esters is 2. The molecule has 0 bridgehead atoms. The summed E-state index contributed by atoms with van der Waals surface area (Å²) in [5.41, 5.74) is -1.03. The Kier molecular flexibility index (Phi) is 8.55. The lowest BCUT2D eigenvalue weighted by molar-refractivity contribution is -0.168. The van der Waals surface area contributed by atoms with Crippen LogP contribution >= 0.6 is 0 Å². The molecule has 5 nitrogen and oxygen atoms in total. The summed E-state index contributed by atoms with van der Waals surface area (Å²) in [5, 5.41) is 16.3. The molecule has 0 aliphatic carbocycles. The van der Waals surface area contributed by atoms with Gasteiger partial charge in [-0.1, -0.05) is 72.1 Å². The Morgan fingerprint density at radius 3 is 1.89 bits per heavy atom. The average Bonchev–Trinajstić information content (AvgIpc) is 2.95.